The van der Waals surface area contributed by atoms with Gasteiger partial charge in [0.1, 0.15) is 5.75 Å². The number of aliphatic carboxylic acids is 1. The van der Waals surface area contributed by atoms with E-state index in [1.165, 1.54) is 0 Å². The van der Waals surface area contributed by atoms with Crippen molar-refractivity contribution < 1.29 is 23.8 Å². The minimum Gasteiger partial charge on any atom is -0.506 e. The van der Waals surface area contributed by atoms with Gasteiger partial charge in [0.15, 0.2) is 0 Å². The highest BCUT2D eigenvalue weighted by Gasteiger charge is 2.21. The molecule has 0 unspecified atom stereocenters. The van der Waals surface area contributed by atoms with E-state index in [0.29, 0.717) is 0 Å². The summed E-state index contributed by atoms with van der Waals surface area (Å²) in [7, 11) is 0. The van der Waals surface area contributed by atoms with Crippen LogP contribution in [0.5, 0.6) is 5.75 Å². The number of carboxylic acids is 1. The standard InChI is InChI=1S/C9H10F2N2O3/c10-9(11)8-4(2-12)5(1-7(15)16)13-3-6(8)14/h3,9,14H,1-2,12H2,(H,15,16). The number of rotatable bonds is 4. The number of carboxylic acid groups (broad SMARTS) is 1. The molecule has 1 aromatic rings. The second-order valence-electron chi connectivity index (χ2n) is 3.06. The van der Waals surface area contributed by atoms with E-state index >= 15 is 0 Å². The predicted molar refractivity (Wildman–Crippen MR) is 50.1 cm³/mol. The van der Waals surface area contributed by atoms with Crippen LogP contribution in [0.25, 0.3) is 0 Å². The molecule has 0 atom stereocenters. The molecular formula is C9H10F2N2O3. The first kappa shape index (κ1) is 12.3. The lowest BCUT2D eigenvalue weighted by atomic mass is 10.0. The van der Waals surface area contributed by atoms with Crippen LogP contribution in [-0.4, -0.2) is 21.2 Å². The Kier molecular flexibility index (Phi) is 3.73. The maximum atomic E-state index is 12.6. The van der Waals surface area contributed by atoms with Gasteiger partial charge in [-0.2, -0.15) is 0 Å². The second-order valence-corrected chi connectivity index (χ2v) is 3.06. The van der Waals surface area contributed by atoms with E-state index in [0.717, 1.165) is 6.20 Å². The van der Waals surface area contributed by atoms with Gasteiger partial charge in [-0.3, -0.25) is 9.78 Å². The van der Waals surface area contributed by atoms with Gasteiger partial charge in [-0.15, -0.1) is 0 Å². The van der Waals surface area contributed by atoms with Gasteiger partial charge in [-0.25, -0.2) is 8.78 Å². The van der Waals surface area contributed by atoms with Crippen molar-refractivity contribution in [3.63, 3.8) is 0 Å². The highest BCUT2D eigenvalue weighted by molar-refractivity contribution is 5.70. The molecule has 0 amide bonds. The summed E-state index contributed by atoms with van der Waals surface area (Å²) in [5, 5.41) is 17.8. The average molecular weight is 232 g/mol. The van der Waals surface area contributed by atoms with Gasteiger partial charge < -0.3 is 15.9 Å². The van der Waals surface area contributed by atoms with Crippen LogP contribution in [0, 0.1) is 0 Å². The monoisotopic (exact) mass is 232 g/mol. The Balaban J connectivity index is 3.30. The smallest absolute Gasteiger partial charge is 0.309 e. The molecule has 0 aromatic carbocycles. The maximum Gasteiger partial charge on any atom is 0.309 e. The molecule has 7 heteroatoms. The Morgan fingerprint density at radius 1 is 1.56 bits per heavy atom. The molecule has 1 aromatic heterocycles. The summed E-state index contributed by atoms with van der Waals surface area (Å²) in [6.45, 7) is -0.302. The molecule has 88 valence electrons. The molecule has 1 heterocycles. The van der Waals surface area contributed by atoms with E-state index in [9.17, 15) is 18.7 Å². The molecule has 16 heavy (non-hydrogen) atoms. The van der Waals surface area contributed by atoms with Gasteiger partial charge in [0.25, 0.3) is 6.43 Å². The number of nitrogens with zero attached hydrogens (tertiary/aromatic N) is 1. The normalized spacial score (nSPS) is 10.8. The minimum atomic E-state index is -2.92. The van der Waals surface area contributed by atoms with Gasteiger partial charge in [-0.05, 0) is 0 Å². The van der Waals surface area contributed by atoms with E-state index in [1.807, 2.05) is 0 Å². The van der Waals surface area contributed by atoms with E-state index in [2.05, 4.69) is 4.98 Å². The molecule has 0 aliphatic heterocycles. The second kappa shape index (κ2) is 4.84. The van der Waals surface area contributed by atoms with Gasteiger partial charge in [0.2, 0.25) is 0 Å². The summed E-state index contributed by atoms with van der Waals surface area (Å²) in [5.74, 6) is -1.88. The number of aromatic nitrogens is 1. The van der Waals surface area contributed by atoms with E-state index in [1.54, 1.807) is 0 Å². The van der Waals surface area contributed by atoms with Crippen molar-refractivity contribution in [3.05, 3.63) is 23.0 Å². The molecule has 0 aliphatic carbocycles. The lowest BCUT2D eigenvalue weighted by molar-refractivity contribution is -0.136. The number of nitrogens with two attached hydrogens (primary N) is 1. The molecule has 0 aliphatic rings. The summed E-state index contributed by atoms with van der Waals surface area (Å²) in [6.07, 6.45) is -2.63. The van der Waals surface area contributed by atoms with Crippen LogP contribution in [0.3, 0.4) is 0 Å². The highest BCUT2D eigenvalue weighted by atomic mass is 19.3. The molecule has 0 saturated carbocycles. The van der Waals surface area contributed by atoms with E-state index < -0.39 is 30.1 Å². The highest BCUT2D eigenvalue weighted by Crippen LogP contribution is 2.32. The van der Waals surface area contributed by atoms with Crippen LogP contribution >= 0.6 is 0 Å². The van der Waals surface area contributed by atoms with Gasteiger partial charge in [-0.1, -0.05) is 0 Å². The largest absolute Gasteiger partial charge is 0.506 e. The summed E-state index contributed by atoms with van der Waals surface area (Å²) < 4.78 is 25.2. The van der Waals surface area contributed by atoms with Crippen molar-refractivity contribution in [2.24, 2.45) is 5.73 Å². The predicted octanol–water partition coefficient (Wildman–Crippen LogP) is 0.811. The van der Waals surface area contributed by atoms with Crippen LogP contribution < -0.4 is 5.73 Å². The third kappa shape index (κ3) is 2.43. The van der Waals surface area contributed by atoms with Crippen molar-refractivity contribution in [1.82, 2.24) is 4.98 Å². The third-order valence-electron chi connectivity index (χ3n) is 2.03. The van der Waals surface area contributed by atoms with Crippen molar-refractivity contribution in [2.45, 2.75) is 19.4 Å². The van der Waals surface area contributed by atoms with E-state index in [4.69, 9.17) is 10.8 Å². The van der Waals surface area contributed by atoms with Crippen LogP contribution in [0.4, 0.5) is 8.78 Å². The molecule has 0 radical (unpaired) electrons. The number of alkyl halides is 2. The SMILES string of the molecule is NCc1c(CC(=O)O)ncc(O)c1C(F)F. The molecular weight excluding hydrogens is 222 g/mol. The molecule has 0 fully saturated rings. The zero-order chi connectivity index (χ0) is 12.3. The fourth-order valence-electron chi connectivity index (χ4n) is 1.36. The topological polar surface area (TPSA) is 96.4 Å². The third-order valence-corrected chi connectivity index (χ3v) is 2.03. The Hall–Kier alpha value is -1.76. The number of hydrogen-bond acceptors (Lipinski definition) is 4. The molecule has 4 N–H and O–H groups in total. The molecule has 1 rings (SSSR count). The fraction of sp³-hybridized carbons (Fsp3) is 0.333. The van der Waals surface area contributed by atoms with Crippen LogP contribution in [0.2, 0.25) is 0 Å². The summed E-state index contributed by atoms with van der Waals surface area (Å²) in [5.41, 5.74) is 4.45. The van der Waals surface area contributed by atoms with Crippen molar-refractivity contribution >= 4 is 5.97 Å². The van der Waals surface area contributed by atoms with Crippen LogP contribution in [-0.2, 0) is 17.8 Å². The van der Waals surface area contributed by atoms with E-state index in [-0.39, 0.29) is 17.8 Å². The first-order valence-electron chi connectivity index (χ1n) is 4.37. The van der Waals surface area contributed by atoms with Crippen molar-refractivity contribution in [3.8, 4) is 5.75 Å². The Morgan fingerprint density at radius 2 is 2.19 bits per heavy atom. The first-order valence-corrected chi connectivity index (χ1v) is 4.37. The minimum absolute atomic E-state index is 0.0527. The number of hydrogen-bond donors (Lipinski definition) is 3. The zero-order valence-corrected chi connectivity index (χ0v) is 8.15. The van der Waals surface area contributed by atoms with Crippen molar-refractivity contribution in [2.75, 3.05) is 0 Å². The number of carbonyl (C=O) groups is 1. The van der Waals surface area contributed by atoms with Crippen LogP contribution in [0.15, 0.2) is 6.20 Å². The Morgan fingerprint density at radius 3 is 2.62 bits per heavy atom. The van der Waals surface area contributed by atoms with Gasteiger partial charge in [0.05, 0.1) is 23.9 Å². The molecule has 5 nitrogen and oxygen atoms in total. The maximum absolute atomic E-state index is 12.6. The lowest BCUT2D eigenvalue weighted by Crippen LogP contribution is -2.12. The van der Waals surface area contributed by atoms with Gasteiger partial charge in [0, 0.05) is 12.1 Å². The van der Waals surface area contributed by atoms with Crippen molar-refractivity contribution in [1.29, 1.82) is 0 Å². The fourth-order valence-corrected chi connectivity index (χ4v) is 1.36. The Bertz CT molecular complexity index is 410. The van der Waals surface area contributed by atoms with Crippen LogP contribution in [0.1, 0.15) is 23.2 Å². The average Bonchev–Trinajstić information content (AvgIpc) is 2.18. The summed E-state index contributed by atoms with van der Waals surface area (Å²) in [4.78, 5) is 14.1. The summed E-state index contributed by atoms with van der Waals surface area (Å²) in [6, 6.07) is 0. The quantitative estimate of drug-likeness (QED) is 0.713. The Labute approximate surface area is 89.5 Å². The van der Waals surface area contributed by atoms with Gasteiger partial charge >= 0.3 is 5.97 Å². The lowest BCUT2D eigenvalue weighted by Gasteiger charge is -2.12. The molecule has 0 bridgehead atoms. The molecule has 0 saturated heterocycles. The number of aromatic hydroxyl groups is 1. The number of pyridine rings is 1. The number of halogens is 2. The zero-order valence-electron chi connectivity index (χ0n) is 8.15. The summed E-state index contributed by atoms with van der Waals surface area (Å²) >= 11 is 0. The first-order chi connectivity index (χ1) is 7.47. The molecule has 0 spiro atoms.